The summed E-state index contributed by atoms with van der Waals surface area (Å²) >= 11 is 0. The fourth-order valence-corrected chi connectivity index (χ4v) is 2.68. The highest BCUT2D eigenvalue weighted by Gasteiger charge is 2.11. The summed E-state index contributed by atoms with van der Waals surface area (Å²) in [4.78, 5) is 0. The zero-order valence-corrected chi connectivity index (χ0v) is 11.4. The largest absolute Gasteiger partial charge is 0.316 e. The molecule has 0 bridgehead atoms. The van der Waals surface area contributed by atoms with Crippen LogP contribution in [0.15, 0.2) is 0 Å². The van der Waals surface area contributed by atoms with Crippen LogP contribution in [-0.4, -0.2) is 13.1 Å². The van der Waals surface area contributed by atoms with Crippen LogP contribution >= 0.6 is 0 Å². The Kier molecular flexibility index (Phi) is 7.92. The molecule has 0 spiro atoms. The van der Waals surface area contributed by atoms with Gasteiger partial charge in [-0.1, -0.05) is 52.4 Å². The van der Waals surface area contributed by atoms with E-state index in [1.54, 1.807) is 0 Å². The minimum absolute atomic E-state index is 0.877. The Labute approximate surface area is 102 Å². The van der Waals surface area contributed by atoms with Gasteiger partial charge in [0.15, 0.2) is 0 Å². The maximum Gasteiger partial charge on any atom is -0.00205 e. The molecule has 1 nitrogen and oxygen atoms in total. The zero-order chi connectivity index (χ0) is 11.6. The van der Waals surface area contributed by atoms with Crippen LogP contribution < -0.4 is 5.32 Å². The Morgan fingerprint density at radius 1 is 1.00 bits per heavy atom. The molecule has 0 aromatic carbocycles. The van der Waals surface area contributed by atoms with E-state index in [1.807, 2.05) is 0 Å². The van der Waals surface area contributed by atoms with Crippen LogP contribution in [0.3, 0.4) is 0 Å². The van der Waals surface area contributed by atoms with E-state index < -0.39 is 0 Å². The first-order valence-electron chi connectivity index (χ1n) is 7.49. The predicted molar refractivity (Wildman–Crippen MR) is 72.8 cm³/mol. The molecule has 1 aliphatic rings. The molecule has 96 valence electrons. The summed E-state index contributed by atoms with van der Waals surface area (Å²) in [5, 5.41) is 3.66. The van der Waals surface area contributed by atoms with E-state index in [4.69, 9.17) is 0 Å². The minimum atomic E-state index is 0.877. The van der Waals surface area contributed by atoms with Crippen molar-refractivity contribution in [2.45, 2.75) is 71.6 Å². The molecule has 0 aromatic heterocycles. The highest BCUT2D eigenvalue weighted by molar-refractivity contribution is 4.66. The van der Waals surface area contributed by atoms with E-state index in [9.17, 15) is 0 Å². The van der Waals surface area contributed by atoms with Crippen molar-refractivity contribution < 1.29 is 0 Å². The molecule has 1 N–H and O–H groups in total. The number of rotatable bonds is 7. The topological polar surface area (TPSA) is 12.0 Å². The van der Waals surface area contributed by atoms with Crippen LogP contribution in [0.2, 0.25) is 0 Å². The van der Waals surface area contributed by atoms with E-state index in [1.165, 1.54) is 70.9 Å². The van der Waals surface area contributed by atoms with Crippen LogP contribution in [0.5, 0.6) is 0 Å². The lowest BCUT2D eigenvalue weighted by Crippen LogP contribution is -2.23. The zero-order valence-electron chi connectivity index (χ0n) is 11.4. The standard InChI is InChI=1S/C15H31N/c1-14(2)9-7-8-12-16-13-15-10-5-3-4-6-11-15/h14-16H,3-13H2,1-2H3. The Hall–Kier alpha value is -0.0400. The molecule has 0 radical (unpaired) electrons. The number of unbranched alkanes of at least 4 members (excludes halogenated alkanes) is 1. The van der Waals surface area contributed by atoms with Crippen molar-refractivity contribution in [3.8, 4) is 0 Å². The molecule has 0 aliphatic heterocycles. The monoisotopic (exact) mass is 225 g/mol. The Balaban J connectivity index is 1.89. The molecule has 0 saturated heterocycles. The third-order valence-corrected chi connectivity index (χ3v) is 3.79. The maximum absolute atomic E-state index is 3.66. The number of nitrogens with one attached hydrogen (secondary N) is 1. The molecule has 0 aromatic rings. The second-order valence-electron chi connectivity index (χ2n) is 5.95. The van der Waals surface area contributed by atoms with Crippen LogP contribution in [0.25, 0.3) is 0 Å². The highest BCUT2D eigenvalue weighted by Crippen LogP contribution is 2.21. The Morgan fingerprint density at radius 3 is 2.31 bits per heavy atom. The normalized spacial score (nSPS) is 18.9. The summed E-state index contributed by atoms with van der Waals surface area (Å²) in [7, 11) is 0. The van der Waals surface area contributed by atoms with E-state index in [0.29, 0.717) is 0 Å². The molecule has 1 heteroatoms. The predicted octanol–water partition coefficient (Wildman–Crippen LogP) is 4.37. The van der Waals surface area contributed by atoms with Crippen molar-refractivity contribution >= 4 is 0 Å². The lowest BCUT2D eigenvalue weighted by molar-refractivity contribution is 0.418. The van der Waals surface area contributed by atoms with Gasteiger partial charge in [0.05, 0.1) is 0 Å². The molecule has 0 atom stereocenters. The lowest BCUT2D eigenvalue weighted by Gasteiger charge is -2.14. The first-order chi connectivity index (χ1) is 7.79. The minimum Gasteiger partial charge on any atom is -0.316 e. The van der Waals surface area contributed by atoms with E-state index in [0.717, 1.165) is 11.8 Å². The highest BCUT2D eigenvalue weighted by atomic mass is 14.8. The van der Waals surface area contributed by atoms with Crippen molar-refractivity contribution in [2.24, 2.45) is 11.8 Å². The molecular formula is C15H31N. The SMILES string of the molecule is CC(C)CCCCNCC1CCCCCC1. The van der Waals surface area contributed by atoms with Gasteiger partial charge in [0.1, 0.15) is 0 Å². The summed E-state index contributed by atoms with van der Waals surface area (Å²) in [6.07, 6.45) is 13.0. The molecule has 1 aliphatic carbocycles. The summed E-state index contributed by atoms with van der Waals surface area (Å²) in [6.45, 7) is 7.16. The van der Waals surface area contributed by atoms with Crippen molar-refractivity contribution in [3.05, 3.63) is 0 Å². The summed E-state index contributed by atoms with van der Waals surface area (Å²) in [6, 6.07) is 0. The van der Waals surface area contributed by atoms with Gasteiger partial charge in [0.2, 0.25) is 0 Å². The van der Waals surface area contributed by atoms with E-state index in [-0.39, 0.29) is 0 Å². The van der Waals surface area contributed by atoms with Gasteiger partial charge in [-0.25, -0.2) is 0 Å². The van der Waals surface area contributed by atoms with Crippen LogP contribution in [0, 0.1) is 11.8 Å². The van der Waals surface area contributed by atoms with Crippen molar-refractivity contribution in [3.63, 3.8) is 0 Å². The number of hydrogen-bond donors (Lipinski definition) is 1. The van der Waals surface area contributed by atoms with Gasteiger partial charge < -0.3 is 5.32 Å². The smallest absolute Gasteiger partial charge is 0.00205 e. The first-order valence-corrected chi connectivity index (χ1v) is 7.49. The van der Waals surface area contributed by atoms with E-state index >= 15 is 0 Å². The van der Waals surface area contributed by atoms with Crippen LogP contribution in [0.1, 0.15) is 71.6 Å². The second-order valence-corrected chi connectivity index (χ2v) is 5.95. The average molecular weight is 225 g/mol. The molecule has 1 rings (SSSR count). The number of hydrogen-bond acceptors (Lipinski definition) is 1. The van der Waals surface area contributed by atoms with Gasteiger partial charge >= 0.3 is 0 Å². The quantitative estimate of drug-likeness (QED) is 0.501. The van der Waals surface area contributed by atoms with Gasteiger partial charge in [-0.3, -0.25) is 0 Å². The van der Waals surface area contributed by atoms with Gasteiger partial charge in [0, 0.05) is 0 Å². The lowest BCUT2D eigenvalue weighted by atomic mass is 10.0. The Morgan fingerprint density at radius 2 is 1.69 bits per heavy atom. The molecule has 0 unspecified atom stereocenters. The van der Waals surface area contributed by atoms with Gasteiger partial charge in [0.25, 0.3) is 0 Å². The van der Waals surface area contributed by atoms with Gasteiger partial charge in [-0.2, -0.15) is 0 Å². The summed E-state index contributed by atoms with van der Waals surface area (Å²) in [5.74, 6) is 1.86. The molecule has 0 amide bonds. The third-order valence-electron chi connectivity index (χ3n) is 3.79. The third kappa shape index (κ3) is 7.27. The molecular weight excluding hydrogens is 194 g/mol. The molecule has 1 fully saturated rings. The molecule has 16 heavy (non-hydrogen) atoms. The van der Waals surface area contributed by atoms with Crippen molar-refractivity contribution in [1.82, 2.24) is 5.32 Å². The maximum atomic E-state index is 3.66. The van der Waals surface area contributed by atoms with Crippen molar-refractivity contribution in [2.75, 3.05) is 13.1 Å². The van der Waals surface area contributed by atoms with Gasteiger partial charge in [-0.15, -0.1) is 0 Å². The summed E-state index contributed by atoms with van der Waals surface area (Å²) < 4.78 is 0. The second kappa shape index (κ2) is 9.04. The average Bonchev–Trinajstić information content (AvgIpc) is 2.51. The molecule has 0 heterocycles. The van der Waals surface area contributed by atoms with Crippen molar-refractivity contribution in [1.29, 1.82) is 0 Å². The summed E-state index contributed by atoms with van der Waals surface area (Å²) in [5.41, 5.74) is 0. The van der Waals surface area contributed by atoms with E-state index in [2.05, 4.69) is 19.2 Å². The first kappa shape index (κ1) is 14.0. The van der Waals surface area contributed by atoms with Crippen LogP contribution in [-0.2, 0) is 0 Å². The fourth-order valence-electron chi connectivity index (χ4n) is 2.68. The fraction of sp³-hybridized carbons (Fsp3) is 1.00. The van der Waals surface area contributed by atoms with Crippen LogP contribution in [0.4, 0.5) is 0 Å². The molecule has 1 saturated carbocycles. The Bertz CT molecular complexity index is 146. The van der Waals surface area contributed by atoms with Gasteiger partial charge in [-0.05, 0) is 44.2 Å².